The van der Waals surface area contributed by atoms with Crippen LogP contribution in [0.5, 0.6) is 0 Å². The molecule has 0 radical (unpaired) electrons. The predicted molar refractivity (Wildman–Crippen MR) is 103 cm³/mol. The Kier molecular flexibility index (Phi) is 6.03. The Bertz CT molecular complexity index is 875. The summed E-state index contributed by atoms with van der Waals surface area (Å²) >= 11 is 0. The molecule has 1 fully saturated rings. The highest BCUT2D eigenvalue weighted by atomic mass is 19.1. The summed E-state index contributed by atoms with van der Waals surface area (Å²) in [5.74, 6) is -0.816. The molecule has 0 atom stereocenters. The molecule has 7 heteroatoms. The Morgan fingerprint density at radius 3 is 2.21 bits per heavy atom. The molecule has 0 unspecified atom stereocenters. The second-order valence-electron chi connectivity index (χ2n) is 6.74. The highest BCUT2D eigenvalue weighted by Gasteiger charge is 2.25. The molecule has 0 bridgehead atoms. The molecule has 1 N–H and O–H groups in total. The second-order valence-corrected chi connectivity index (χ2v) is 6.74. The van der Waals surface area contributed by atoms with Crippen molar-refractivity contribution in [3.05, 3.63) is 65.5 Å². The number of hydrogen-bond acceptors (Lipinski definition) is 3. The zero-order valence-electron chi connectivity index (χ0n) is 15.7. The van der Waals surface area contributed by atoms with Gasteiger partial charge in [-0.3, -0.25) is 14.4 Å². The lowest BCUT2D eigenvalue weighted by molar-refractivity contribution is -0.131. The number of anilines is 1. The maximum atomic E-state index is 13.3. The average Bonchev–Trinajstić information content (AvgIpc) is 2.68. The number of halogens is 1. The van der Waals surface area contributed by atoms with Crippen molar-refractivity contribution in [1.29, 1.82) is 0 Å². The van der Waals surface area contributed by atoms with Crippen LogP contribution >= 0.6 is 0 Å². The SMILES string of the molecule is CC(=O)Nc1ccc(CC(=O)N2CCN(C(=O)c3cccc(F)c3)CC2)cc1. The summed E-state index contributed by atoms with van der Waals surface area (Å²) in [5.41, 5.74) is 1.87. The third kappa shape index (κ3) is 4.94. The van der Waals surface area contributed by atoms with Crippen molar-refractivity contribution in [1.82, 2.24) is 9.80 Å². The largest absolute Gasteiger partial charge is 0.339 e. The van der Waals surface area contributed by atoms with Gasteiger partial charge in [-0.25, -0.2) is 4.39 Å². The summed E-state index contributed by atoms with van der Waals surface area (Å²) in [5, 5.41) is 2.69. The van der Waals surface area contributed by atoms with Crippen LogP contribution in [-0.4, -0.2) is 53.7 Å². The van der Waals surface area contributed by atoms with Crippen molar-refractivity contribution in [3.8, 4) is 0 Å². The molecule has 3 rings (SSSR count). The monoisotopic (exact) mass is 383 g/mol. The van der Waals surface area contributed by atoms with Crippen molar-refractivity contribution in [2.75, 3.05) is 31.5 Å². The van der Waals surface area contributed by atoms with Crippen molar-refractivity contribution in [3.63, 3.8) is 0 Å². The molecule has 1 aliphatic rings. The predicted octanol–water partition coefficient (Wildman–Crippen LogP) is 2.31. The summed E-state index contributed by atoms with van der Waals surface area (Å²) in [6.07, 6.45) is 0.262. The van der Waals surface area contributed by atoms with Crippen molar-refractivity contribution < 1.29 is 18.8 Å². The van der Waals surface area contributed by atoms with Crippen LogP contribution in [0.2, 0.25) is 0 Å². The number of amides is 3. The minimum Gasteiger partial charge on any atom is -0.339 e. The van der Waals surface area contributed by atoms with E-state index in [9.17, 15) is 18.8 Å². The molecule has 28 heavy (non-hydrogen) atoms. The third-order valence-corrected chi connectivity index (χ3v) is 4.62. The van der Waals surface area contributed by atoms with Gasteiger partial charge in [-0.15, -0.1) is 0 Å². The van der Waals surface area contributed by atoms with Gasteiger partial charge >= 0.3 is 0 Å². The number of nitrogens with zero attached hydrogens (tertiary/aromatic N) is 2. The van der Waals surface area contributed by atoms with E-state index in [0.717, 1.165) is 5.56 Å². The number of rotatable bonds is 4. The average molecular weight is 383 g/mol. The summed E-state index contributed by atoms with van der Waals surface area (Å²) in [4.78, 5) is 39.4. The van der Waals surface area contributed by atoms with Gasteiger partial charge in [-0.2, -0.15) is 0 Å². The van der Waals surface area contributed by atoms with Crippen molar-refractivity contribution in [2.45, 2.75) is 13.3 Å². The van der Waals surface area contributed by atoms with Gasteiger partial charge in [-0.1, -0.05) is 18.2 Å². The van der Waals surface area contributed by atoms with Gasteiger partial charge in [0, 0.05) is 44.4 Å². The van der Waals surface area contributed by atoms with Crippen LogP contribution in [0.25, 0.3) is 0 Å². The van der Waals surface area contributed by atoms with Crippen LogP contribution in [0, 0.1) is 5.82 Å². The van der Waals surface area contributed by atoms with Crippen LogP contribution in [0.15, 0.2) is 48.5 Å². The van der Waals surface area contributed by atoms with Crippen LogP contribution in [-0.2, 0) is 16.0 Å². The smallest absolute Gasteiger partial charge is 0.254 e. The number of benzene rings is 2. The van der Waals surface area contributed by atoms with Gasteiger partial charge in [0.25, 0.3) is 5.91 Å². The van der Waals surface area contributed by atoms with E-state index in [2.05, 4.69) is 5.32 Å². The molecule has 0 saturated carbocycles. The highest BCUT2D eigenvalue weighted by Crippen LogP contribution is 2.14. The number of carbonyl (C=O) groups is 3. The lowest BCUT2D eigenvalue weighted by Gasteiger charge is -2.35. The molecule has 2 aromatic rings. The van der Waals surface area contributed by atoms with Crippen LogP contribution in [0.4, 0.5) is 10.1 Å². The fourth-order valence-corrected chi connectivity index (χ4v) is 3.16. The van der Waals surface area contributed by atoms with Gasteiger partial charge < -0.3 is 15.1 Å². The first kappa shape index (κ1) is 19.5. The first-order valence-corrected chi connectivity index (χ1v) is 9.11. The molecule has 1 aliphatic heterocycles. The zero-order chi connectivity index (χ0) is 20.1. The normalized spacial score (nSPS) is 13.9. The molecule has 1 saturated heterocycles. The summed E-state index contributed by atoms with van der Waals surface area (Å²) in [7, 11) is 0. The summed E-state index contributed by atoms with van der Waals surface area (Å²) in [6, 6.07) is 12.8. The van der Waals surface area contributed by atoms with E-state index >= 15 is 0 Å². The van der Waals surface area contributed by atoms with Crippen LogP contribution in [0.1, 0.15) is 22.8 Å². The van der Waals surface area contributed by atoms with Crippen LogP contribution < -0.4 is 5.32 Å². The lowest BCUT2D eigenvalue weighted by Crippen LogP contribution is -2.51. The van der Waals surface area contributed by atoms with Gasteiger partial charge in [-0.05, 0) is 35.9 Å². The first-order chi connectivity index (χ1) is 13.4. The van der Waals surface area contributed by atoms with E-state index in [4.69, 9.17) is 0 Å². The van der Waals surface area contributed by atoms with Crippen molar-refractivity contribution in [2.24, 2.45) is 0 Å². The van der Waals surface area contributed by atoms with E-state index in [-0.39, 0.29) is 24.1 Å². The van der Waals surface area contributed by atoms with Gasteiger partial charge in [0.15, 0.2) is 0 Å². The fraction of sp³-hybridized carbons (Fsp3) is 0.286. The Morgan fingerprint density at radius 2 is 1.61 bits per heavy atom. The summed E-state index contributed by atoms with van der Waals surface area (Å²) < 4.78 is 13.3. The van der Waals surface area contributed by atoms with E-state index in [1.807, 2.05) is 12.1 Å². The Hall–Kier alpha value is -3.22. The topological polar surface area (TPSA) is 69.7 Å². The van der Waals surface area contributed by atoms with Crippen LogP contribution in [0.3, 0.4) is 0 Å². The molecule has 6 nitrogen and oxygen atoms in total. The van der Waals surface area contributed by atoms with E-state index < -0.39 is 5.82 Å². The van der Waals surface area contributed by atoms with E-state index in [0.29, 0.717) is 37.4 Å². The Morgan fingerprint density at radius 1 is 0.964 bits per heavy atom. The van der Waals surface area contributed by atoms with Gasteiger partial charge in [0.2, 0.25) is 11.8 Å². The fourth-order valence-electron chi connectivity index (χ4n) is 3.16. The minimum atomic E-state index is -0.441. The van der Waals surface area contributed by atoms with E-state index in [1.165, 1.54) is 25.1 Å². The first-order valence-electron chi connectivity index (χ1n) is 9.11. The Balaban J connectivity index is 1.52. The minimum absolute atomic E-state index is 0.00914. The van der Waals surface area contributed by atoms with E-state index in [1.54, 1.807) is 28.0 Å². The molecule has 0 aliphatic carbocycles. The standard InChI is InChI=1S/C21H22FN3O3/c1-15(26)23-19-7-5-16(6-8-19)13-20(27)24-9-11-25(12-10-24)21(28)17-3-2-4-18(22)14-17/h2-8,14H,9-13H2,1H3,(H,23,26). The molecular formula is C21H22FN3O3. The number of piperazine rings is 1. The summed E-state index contributed by atoms with van der Waals surface area (Å²) in [6.45, 7) is 3.18. The second kappa shape index (κ2) is 8.65. The third-order valence-electron chi connectivity index (χ3n) is 4.62. The number of hydrogen-bond donors (Lipinski definition) is 1. The quantitative estimate of drug-likeness (QED) is 0.881. The molecule has 3 amide bonds. The molecule has 146 valence electrons. The molecule has 0 spiro atoms. The highest BCUT2D eigenvalue weighted by molar-refractivity contribution is 5.94. The molecule has 2 aromatic carbocycles. The van der Waals surface area contributed by atoms with Gasteiger partial charge in [0.1, 0.15) is 5.82 Å². The van der Waals surface area contributed by atoms with Crippen molar-refractivity contribution >= 4 is 23.4 Å². The maximum absolute atomic E-state index is 13.3. The number of carbonyl (C=O) groups excluding carboxylic acids is 3. The zero-order valence-corrected chi connectivity index (χ0v) is 15.7. The molecule has 0 aromatic heterocycles. The van der Waals surface area contributed by atoms with Gasteiger partial charge in [0.05, 0.1) is 6.42 Å². The molecule has 1 heterocycles. The maximum Gasteiger partial charge on any atom is 0.254 e. The lowest BCUT2D eigenvalue weighted by atomic mass is 10.1. The Labute approximate surface area is 162 Å². The number of nitrogens with one attached hydrogen (secondary N) is 1. The molecular weight excluding hydrogens is 361 g/mol.